The molecule has 0 radical (unpaired) electrons. The second-order valence-electron chi connectivity index (χ2n) is 3.46. The molecule has 3 nitrogen and oxygen atoms in total. The number of carbonyl (C=O) groups excluding carboxylic acids is 1. The van der Waals surface area contributed by atoms with E-state index in [1.165, 1.54) is 18.3 Å². The summed E-state index contributed by atoms with van der Waals surface area (Å²) >= 11 is 0. The van der Waals surface area contributed by atoms with E-state index in [0.29, 0.717) is 5.56 Å². The maximum absolute atomic E-state index is 12.5. The van der Waals surface area contributed by atoms with Crippen molar-refractivity contribution >= 4 is 5.78 Å². The van der Waals surface area contributed by atoms with Gasteiger partial charge in [0.1, 0.15) is 5.78 Å². The van der Waals surface area contributed by atoms with E-state index in [1.54, 1.807) is 0 Å². The number of halogens is 1. The van der Waals surface area contributed by atoms with Crippen LogP contribution in [0.4, 0.5) is 4.39 Å². The summed E-state index contributed by atoms with van der Waals surface area (Å²) in [5.41, 5.74) is -0.126. The monoisotopic (exact) mass is 190 g/mol. The maximum Gasteiger partial charge on any atom is 0.212 e. The first-order valence-electron chi connectivity index (χ1n) is 4.21. The number of carbonyl (C=O) groups is 1. The fourth-order valence-corrected chi connectivity index (χ4v) is 1.63. The summed E-state index contributed by atoms with van der Waals surface area (Å²) in [6.07, 6.45) is 1.76. The van der Waals surface area contributed by atoms with Crippen LogP contribution in [0.3, 0.4) is 0 Å². The lowest BCUT2D eigenvalue weighted by Gasteiger charge is -2.33. The number of pyridine rings is 1. The molecule has 1 saturated carbocycles. The topological polar surface area (TPSA) is 53.8 Å². The third-order valence-corrected chi connectivity index (χ3v) is 2.49. The summed E-state index contributed by atoms with van der Waals surface area (Å²) in [6, 6.07) is 4.82. The van der Waals surface area contributed by atoms with Crippen LogP contribution in [0.15, 0.2) is 18.3 Å². The molecule has 0 spiro atoms. The zero-order valence-corrected chi connectivity index (χ0v) is 7.33. The summed E-state index contributed by atoms with van der Waals surface area (Å²) in [5.74, 6) is -0.511. The predicted molar refractivity (Wildman–Crippen MR) is 45.7 cm³/mol. The van der Waals surface area contributed by atoms with Gasteiger partial charge in [-0.25, -0.2) is 4.98 Å². The normalized spacial score (nSPS) is 18.4. The van der Waals surface area contributed by atoms with Gasteiger partial charge in [0.15, 0.2) is 0 Å². The minimum absolute atomic E-state index is 0.0656. The van der Waals surface area contributed by atoms with E-state index >= 15 is 0 Å². The Bertz CT molecular complexity index is 411. The Labute approximate surface area is 80.2 Å². The van der Waals surface area contributed by atoms with Gasteiger partial charge < -0.3 is 0 Å². The van der Waals surface area contributed by atoms with Crippen LogP contribution >= 0.6 is 0 Å². The molecule has 70 valence electrons. The minimum atomic E-state index is -0.752. The van der Waals surface area contributed by atoms with E-state index in [-0.39, 0.29) is 18.6 Å². The van der Waals surface area contributed by atoms with Gasteiger partial charge in [0.2, 0.25) is 5.95 Å². The van der Waals surface area contributed by atoms with Crippen LogP contribution in [0.1, 0.15) is 18.4 Å². The van der Waals surface area contributed by atoms with Crippen LogP contribution in [0.25, 0.3) is 0 Å². The number of hydrogen-bond donors (Lipinski definition) is 0. The molecular weight excluding hydrogens is 183 g/mol. The van der Waals surface area contributed by atoms with Gasteiger partial charge in [0.25, 0.3) is 0 Å². The van der Waals surface area contributed by atoms with Gasteiger partial charge in [0, 0.05) is 19.0 Å². The molecule has 1 aliphatic rings. The Morgan fingerprint density at radius 1 is 1.50 bits per heavy atom. The maximum atomic E-state index is 12.5. The Hall–Kier alpha value is -1.76. The highest BCUT2D eigenvalue weighted by molar-refractivity contribution is 5.90. The van der Waals surface area contributed by atoms with Crippen molar-refractivity contribution in [3.05, 3.63) is 29.8 Å². The molecule has 0 amide bonds. The molecule has 1 aromatic heterocycles. The van der Waals surface area contributed by atoms with Crippen molar-refractivity contribution in [3.8, 4) is 6.07 Å². The van der Waals surface area contributed by atoms with Crippen molar-refractivity contribution in [1.82, 2.24) is 4.98 Å². The number of Topliss-reactive ketones (excluding diaryl/α,β-unsaturated/α-hetero) is 1. The van der Waals surface area contributed by atoms with E-state index in [4.69, 9.17) is 5.26 Å². The van der Waals surface area contributed by atoms with Gasteiger partial charge in [0.05, 0.1) is 11.5 Å². The van der Waals surface area contributed by atoms with E-state index in [9.17, 15) is 9.18 Å². The standard InChI is InChI=1S/C10H7FN2O/c11-9-2-1-7(5-13-9)10(6-12)3-8(14)4-10/h1-2,5H,3-4H2. The third kappa shape index (κ3) is 1.18. The van der Waals surface area contributed by atoms with E-state index in [0.717, 1.165) is 0 Å². The molecule has 0 bridgehead atoms. The minimum Gasteiger partial charge on any atom is -0.300 e. The lowest BCUT2D eigenvalue weighted by Crippen LogP contribution is -2.40. The number of hydrogen-bond acceptors (Lipinski definition) is 3. The first-order valence-corrected chi connectivity index (χ1v) is 4.21. The summed E-state index contributed by atoms with van der Waals surface area (Å²) in [6.45, 7) is 0. The highest BCUT2D eigenvalue weighted by Crippen LogP contribution is 2.40. The van der Waals surface area contributed by atoms with Crippen LogP contribution in [-0.2, 0) is 10.2 Å². The Morgan fingerprint density at radius 3 is 2.64 bits per heavy atom. The molecule has 1 fully saturated rings. The fourth-order valence-electron chi connectivity index (χ4n) is 1.63. The number of aromatic nitrogens is 1. The average Bonchev–Trinajstić information content (AvgIpc) is 2.14. The van der Waals surface area contributed by atoms with Crippen molar-refractivity contribution in [2.24, 2.45) is 0 Å². The zero-order valence-electron chi connectivity index (χ0n) is 7.33. The van der Waals surface area contributed by atoms with E-state index in [2.05, 4.69) is 11.1 Å². The van der Waals surface area contributed by atoms with Crippen LogP contribution in [0, 0.1) is 17.3 Å². The van der Waals surface area contributed by atoms with E-state index in [1.807, 2.05) is 0 Å². The number of nitriles is 1. The van der Waals surface area contributed by atoms with Crippen LogP contribution < -0.4 is 0 Å². The summed E-state index contributed by atoms with van der Waals surface area (Å²) < 4.78 is 12.5. The number of nitrogens with zero attached hydrogens (tertiary/aromatic N) is 2. The van der Waals surface area contributed by atoms with Gasteiger partial charge in [-0.1, -0.05) is 6.07 Å². The molecule has 2 rings (SSSR count). The van der Waals surface area contributed by atoms with Gasteiger partial charge in [-0.15, -0.1) is 0 Å². The largest absolute Gasteiger partial charge is 0.300 e. The summed E-state index contributed by atoms with van der Waals surface area (Å²) in [7, 11) is 0. The third-order valence-electron chi connectivity index (χ3n) is 2.49. The van der Waals surface area contributed by atoms with Crippen molar-refractivity contribution in [2.75, 3.05) is 0 Å². The van der Waals surface area contributed by atoms with Gasteiger partial charge in [-0.05, 0) is 11.6 Å². The zero-order chi connectivity index (χ0) is 10.2. The molecule has 4 heteroatoms. The molecule has 0 unspecified atom stereocenters. The Morgan fingerprint density at radius 2 is 2.21 bits per heavy atom. The molecule has 0 aromatic carbocycles. The molecule has 1 aromatic rings. The molecule has 14 heavy (non-hydrogen) atoms. The number of rotatable bonds is 1. The second-order valence-corrected chi connectivity index (χ2v) is 3.46. The first-order chi connectivity index (χ1) is 6.66. The second kappa shape index (κ2) is 2.88. The van der Waals surface area contributed by atoms with Gasteiger partial charge in [-0.2, -0.15) is 9.65 Å². The average molecular weight is 190 g/mol. The summed E-state index contributed by atoms with van der Waals surface area (Å²) in [5, 5.41) is 8.95. The number of ketones is 1. The summed E-state index contributed by atoms with van der Waals surface area (Å²) in [4.78, 5) is 14.3. The Balaban J connectivity index is 2.35. The van der Waals surface area contributed by atoms with E-state index < -0.39 is 11.4 Å². The van der Waals surface area contributed by atoms with Crippen LogP contribution in [0.5, 0.6) is 0 Å². The van der Waals surface area contributed by atoms with Crippen LogP contribution in [0.2, 0.25) is 0 Å². The predicted octanol–water partition coefficient (Wildman–Crippen LogP) is 1.34. The SMILES string of the molecule is N#CC1(c2ccc(F)nc2)CC(=O)C1. The molecule has 0 N–H and O–H groups in total. The van der Waals surface area contributed by atoms with Gasteiger partial charge >= 0.3 is 0 Å². The van der Waals surface area contributed by atoms with Crippen molar-refractivity contribution < 1.29 is 9.18 Å². The molecular formula is C10H7FN2O. The smallest absolute Gasteiger partial charge is 0.212 e. The fraction of sp³-hybridized carbons (Fsp3) is 0.300. The van der Waals surface area contributed by atoms with Crippen molar-refractivity contribution in [2.45, 2.75) is 18.3 Å². The van der Waals surface area contributed by atoms with Crippen molar-refractivity contribution in [1.29, 1.82) is 5.26 Å². The highest BCUT2D eigenvalue weighted by Gasteiger charge is 2.45. The van der Waals surface area contributed by atoms with Gasteiger partial charge in [-0.3, -0.25) is 4.79 Å². The lowest BCUT2D eigenvalue weighted by molar-refractivity contribution is -0.126. The molecule has 0 saturated heterocycles. The lowest BCUT2D eigenvalue weighted by atomic mass is 9.65. The van der Waals surface area contributed by atoms with Crippen LogP contribution in [-0.4, -0.2) is 10.8 Å². The van der Waals surface area contributed by atoms with Crippen molar-refractivity contribution in [3.63, 3.8) is 0 Å². The first kappa shape index (κ1) is 8.82. The molecule has 0 atom stereocenters. The highest BCUT2D eigenvalue weighted by atomic mass is 19.1. The molecule has 0 aliphatic heterocycles. The quantitative estimate of drug-likeness (QED) is 0.628. The Kier molecular flexibility index (Phi) is 1.81. The molecule has 1 heterocycles. The molecule has 1 aliphatic carbocycles.